The molecular formula is C21H26N4O. The zero-order chi connectivity index (χ0) is 19.0. The monoisotopic (exact) mass is 350 g/mol. The van der Waals surface area contributed by atoms with E-state index >= 15 is 0 Å². The Hall–Kier alpha value is -2.69. The zero-order valence-electron chi connectivity index (χ0n) is 16.3. The predicted octanol–water partition coefficient (Wildman–Crippen LogP) is 5.00. The maximum atomic E-state index is 13.0. The largest absolute Gasteiger partial charge is 0.321 e. The Balaban J connectivity index is 2.00. The van der Waals surface area contributed by atoms with E-state index in [1.165, 1.54) is 0 Å². The Bertz CT molecular complexity index is 970. The first kappa shape index (κ1) is 18.1. The van der Waals surface area contributed by atoms with Crippen LogP contribution in [0.5, 0.6) is 0 Å². The molecule has 0 aliphatic carbocycles. The number of nitrogens with one attached hydrogen (secondary N) is 1. The van der Waals surface area contributed by atoms with Gasteiger partial charge in [-0.15, -0.1) is 0 Å². The van der Waals surface area contributed by atoms with E-state index in [4.69, 9.17) is 0 Å². The minimum Gasteiger partial charge on any atom is -0.321 e. The first-order chi connectivity index (χ1) is 12.3. The van der Waals surface area contributed by atoms with Gasteiger partial charge >= 0.3 is 0 Å². The molecule has 3 rings (SSSR count). The lowest BCUT2D eigenvalue weighted by molar-refractivity contribution is 0.102. The Morgan fingerprint density at radius 3 is 2.54 bits per heavy atom. The summed E-state index contributed by atoms with van der Waals surface area (Å²) in [6, 6.07) is 8.21. The minimum absolute atomic E-state index is 0.134. The quantitative estimate of drug-likeness (QED) is 0.720. The third-order valence-electron chi connectivity index (χ3n) is 4.66. The van der Waals surface area contributed by atoms with Crippen LogP contribution in [0.1, 0.15) is 66.8 Å². The van der Waals surface area contributed by atoms with Crippen LogP contribution in [0, 0.1) is 13.8 Å². The van der Waals surface area contributed by atoms with Crippen LogP contribution in [-0.2, 0) is 0 Å². The SMILES string of the molecule is Cc1cccc(C(C)C)c1NC(=O)c1cc2cnn(C(C)C)c2nc1C. The molecule has 0 atom stereocenters. The molecule has 0 unspecified atom stereocenters. The molecule has 0 aliphatic heterocycles. The summed E-state index contributed by atoms with van der Waals surface area (Å²) in [7, 11) is 0. The van der Waals surface area contributed by atoms with Crippen molar-refractivity contribution in [2.24, 2.45) is 0 Å². The number of aryl methyl sites for hydroxylation is 2. The molecule has 136 valence electrons. The maximum Gasteiger partial charge on any atom is 0.257 e. The summed E-state index contributed by atoms with van der Waals surface area (Å²) in [5.41, 5.74) is 5.19. The average molecular weight is 350 g/mol. The summed E-state index contributed by atoms with van der Waals surface area (Å²) in [5.74, 6) is 0.196. The smallest absolute Gasteiger partial charge is 0.257 e. The van der Waals surface area contributed by atoms with Crippen LogP contribution >= 0.6 is 0 Å². The highest BCUT2D eigenvalue weighted by atomic mass is 16.1. The number of amides is 1. The van der Waals surface area contributed by atoms with Gasteiger partial charge in [0.25, 0.3) is 5.91 Å². The molecule has 0 spiro atoms. The molecule has 0 aliphatic rings. The van der Waals surface area contributed by atoms with Gasteiger partial charge in [-0.25, -0.2) is 9.67 Å². The van der Waals surface area contributed by atoms with Gasteiger partial charge < -0.3 is 5.32 Å². The Morgan fingerprint density at radius 1 is 1.15 bits per heavy atom. The lowest BCUT2D eigenvalue weighted by Gasteiger charge is -2.17. The average Bonchev–Trinajstić information content (AvgIpc) is 2.98. The van der Waals surface area contributed by atoms with Crippen molar-refractivity contribution < 1.29 is 4.79 Å². The molecule has 26 heavy (non-hydrogen) atoms. The maximum absolute atomic E-state index is 13.0. The number of hydrogen-bond donors (Lipinski definition) is 1. The normalized spacial score (nSPS) is 11.5. The van der Waals surface area contributed by atoms with Crippen LogP contribution in [0.15, 0.2) is 30.5 Å². The van der Waals surface area contributed by atoms with Crippen molar-refractivity contribution in [2.75, 3.05) is 5.32 Å². The van der Waals surface area contributed by atoms with E-state index in [9.17, 15) is 4.79 Å². The number of anilines is 1. The van der Waals surface area contributed by atoms with Crippen molar-refractivity contribution in [2.45, 2.75) is 53.5 Å². The van der Waals surface area contributed by atoms with Crippen molar-refractivity contribution in [1.29, 1.82) is 0 Å². The third-order valence-corrected chi connectivity index (χ3v) is 4.66. The lowest BCUT2D eigenvalue weighted by atomic mass is 9.98. The molecule has 0 radical (unpaired) electrons. The number of pyridine rings is 1. The van der Waals surface area contributed by atoms with E-state index in [-0.39, 0.29) is 11.9 Å². The van der Waals surface area contributed by atoms with Crippen LogP contribution in [0.3, 0.4) is 0 Å². The minimum atomic E-state index is -0.134. The van der Waals surface area contributed by atoms with Crippen molar-refractivity contribution in [3.05, 3.63) is 52.8 Å². The third kappa shape index (κ3) is 3.21. The van der Waals surface area contributed by atoms with E-state index in [0.717, 1.165) is 27.8 Å². The Labute approximate surface area is 154 Å². The van der Waals surface area contributed by atoms with Gasteiger partial charge in [-0.2, -0.15) is 5.10 Å². The van der Waals surface area contributed by atoms with Crippen molar-refractivity contribution >= 4 is 22.6 Å². The number of nitrogens with zero attached hydrogens (tertiary/aromatic N) is 3. The fourth-order valence-electron chi connectivity index (χ4n) is 3.20. The second-order valence-electron chi connectivity index (χ2n) is 7.37. The molecule has 1 aromatic carbocycles. The van der Waals surface area contributed by atoms with E-state index in [1.54, 1.807) is 6.20 Å². The highest BCUT2D eigenvalue weighted by Gasteiger charge is 2.18. The van der Waals surface area contributed by atoms with E-state index < -0.39 is 0 Å². The molecule has 3 aromatic rings. The predicted molar refractivity (Wildman–Crippen MR) is 106 cm³/mol. The van der Waals surface area contributed by atoms with E-state index in [0.29, 0.717) is 17.2 Å². The molecule has 1 N–H and O–H groups in total. The summed E-state index contributed by atoms with van der Waals surface area (Å²) in [6.45, 7) is 12.3. The fourth-order valence-corrected chi connectivity index (χ4v) is 3.20. The molecule has 5 nitrogen and oxygen atoms in total. The van der Waals surface area contributed by atoms with Gasteiger partial charge in [0.05, 0.1) is 17.5 Å². The van der Waals surface area contributed by atoms with Crippen LogP contribution < -0.4 is 5.32 Å². The number of aromatic nitrogens is 3. The molecular weight excluding hydrogens is 324 g/mol. The number of hydrogen-bond acceptors (Lipinski definition) is 3. The van der Waals surface area contributed by atoms with Gasteiger partial charge in [-0.05, 0) is 50.8 Å². The second kappa shape index (κ2) is 6.90. The molecule has 2 aromatic heterocycles. The Kier molecular flexibility index (Phi) is 4.81. The highest BCUT2D eigenvalue weighted by Crippen LogP contribution is 2.28. The number of carbonyl (C=O) groups is 1. The van der Waals surface area contributed by atoms with Gasteiger partial charge in [0.2, 0.25) is 0 Å². The summed E-state index contributed by atoms with van der Waals surface area (Å²) >= 11 is 0. The standard InChI is InChI=1S/C21H26N4O/c1-12(2)17-9-7-8-14(5)19(17)24-21(26)18-10-16-11-22-25(13(3)4)20(16)23-15(18)6/h7-13H,1-6H3,(H,24,26). The molecule has 1 amide bonds. The van der Waals surface area contributed by atoms with Crippen LogP contribution in [-0.4, -0.2) is 20.7 Å². The van der Waals surface area contributed by atoms with Gasteiger partial charge in [0.15, 0.2) is 5.65 Å². The van der Waals surface area contributed by atoms with Gasteiger partial charge in [0, 0.05) is 17.1 Å². The number of rotatable bonds is 4. The van der Waals surface area contributed by atoms with Gasteiger partial charge in [-0.3, -0.25) is 4.79 Å². The van der Waals surface area contributed by atoms with E-state index in [1.807, 2.05) is 36.7 Å². The number of para-hydroxylation sites is 1. The number of benzene rings is 1. The second-order valence-corrected chi connectivity index (χ2v) is 7.37. The number of carbonyl (C=O) groups excluding carboxylic acids is 1. The molecule has 0 saturated heterocycles. The lowest BCUT2D eigenvalue weighted by Crippen LogP contribution is -2.17. The first-order valence-corrected chi connectivity index (χ1v) is 9.05. The summed E-state index contributed by atoms with van der Waals surface area (Å²) < 4.78 is 1.88. The number of fused-ring (bicyclic) bond motifs is 1. The zero-order valence-corrected chi connectivity index (χ0v) is 16.3. The van der Waals surface area contributed by atoms with Crippen LogP contribution in [0.4, 0.5) is 5.69 Å². The highest BCUT2D eigenvalue weighted by molar-refractivity contribution is 6.07. The van der Waals surface area contributed by atoms with Crippen molar-refractivity contribution in [3.8, 4) is 0 Å². The van der Waals surface area contributed by atoms with Crippen LogP contribution in [0.2, 0.25) is 0 Å². The molecule has 5 heteroatoms. The fraction of sp³-hybridized carbons (Fsp3) is 0.381. The Morgan fingerprint density at radius 2 is 1.88 bits per heavy atom. The first-order valence-electron chi connectivity index (χ1n) is 9.05. The van der Waals surface area contributed by atoms with Gasteiger partial charge in [0.1, 0.15) is 0 Å². The van der Waals surface area contributed by atoms with Gasteiger partial charge in [-0.1, -0.05) is 32.0 Å². The summed E-state index contributed by atoms with van der Waals surface area (Å²) in [5, 5.41) is 8.38. The summed E-state index contributed by atoms with van der Waals surface area (Å²) in [4.78, 5) is 17.6. The summed E-state index contributed by atoms with van der Waals surface area (Å²) in [6.07, 6.45) is 1.77. The van der Waals surface area contributed by atoms with Crippen LogP contribution in [0.25, 0.3) is 11.0 Å². The molecule has 2 heterocycles. The molecule has 0 bridgehead atoms. The topological polar surface area (TPSA) is 59.8 Å². The molecule has 0 saturated carbocycles. The van der Waals surface area contributed by atoms with Crippen molar-refractivity contribution in [1.82, 2.24) is 14.8 Å². The van der Waals surface area contributed by atoms with E-state index in [2.05, 4.69) is 49.2 Å². The molecule has 0 fully saturated rings. The van der Waals surface area contributed by atoms with Crippen molar-refractivity contribution in [3.63, 3.8) is 0 Å².